The standard InChI is InChI=1S/C20H21N3O3S2/c1-25-16-8-12-6-7-23(11-13(12)9-17(16)26-2)19(24)21-14-4-5-15-18(10-14)28-20(22-15)27-3/h4-5,8-10H,6-7,11H2,1-3H3,(H,21,24). The maximum absolute atomic E-state index is 12.8. The summed E-state index contributed by atoms with van der Waals surface area (Å²) in [4.78, 5) is 19.1. The summed E-state index contributed by atoms with van der Waals surface area (Å²) in [5.41, 5.74) is 4.02. The quantitative estimate of drug-likeness (QED) is 0.630. The van der Waals surface area contributed by atoms with Crippen molar-refractivity contribution in [2.24, 2.45) is 0 Å². The third kappa shape index (κ3) is 3.62. The van der Waals surface area contributed by atoms with Crippen LogP contribution in [-0.2, 0) is 13.0 Å². The van der Waals surface area contributed by atoms with Crippen molar-refractivity contribution < 1.29 is 14.3 Å². The number of hydrogen-bond donors (Lipinski definition) is 1. The van der Waals surface area contributed by atoms with Gasteiger partial charge in [-0.15, -0.1) is 11.3 Å². The van der Waals surface area contributed by atoms with E-state index in [1.165, 1.54) is 5.56 Å². The Morgan fingerprint density at radius 3 is 2.64 bits per heavy atom. The summed E-state index contributed by atoms with van der Waals surface area (Å²) in [5.74, 6) is 1.41. The number of nitrogens with one attached hydrogen (secondary N) is 1. The molecule has 0 saturated carbocycles. The normalized spacial score (nSPS) is 13.3. The molecule has 1 aliphatic heterocycles. The van der Waals surface area contributed by atoms with Crippen LogP contribution in [-0.4, -0.2) is 42.9 Å². The molecule has 0 aliphatic carbocycles. The Hall–Kier alpha value is -2.45. The van der Waals surface area contributed by atoms with Crippen LogP contribution < -0.4 is 14.8 Å². The SMILES string of the molecule is COc1cc2c(cc1OC)CN(C(=O)Nc1ccc3nc(SC)sc3c1)CC2. The Morgan fingerprint density at radius 1 is 1.18 bits per heavy atom. The minimum Gasteiger partial charge on any atom is -0.493 e. The van der Waals surface area contributed by atoms with E-state index < -0.39 is 0 Å². The van der Waals surface area contributed by atoms with Crippen molar-refractivity contribution in [3.05, 3.63) is 41.5 Å². The Labute approximate surface area is 171 Å². The summed E-state index contributed by atoms with van der Waals surface area (Å²) in [6.45, 7) is 1.20. The van der Waals surface area contributed by atoms with Crippen LogP contribution in [0.3, 0.4) is 0 Å². The van der Waals surface area contributed by atoms with E-state index in [1.807, 2.05) is 41.5 Å². The van der Waals surface area contributed by atoms with Gasteiger partial charge < -0.3 is 19.7 Å². The molecule has 146 valence electrons. The molecule has 0 fully saturated rings. The van der Waals surface area contributed by atoms with Crippen molar-refractivity contribution >= 4 is 45.0 Å². The van der Waals surface area contributed by atoms with Gasteiger partial charge in [-0.3, -0.25) is 0 Å². The largest absolute Gasteiger partial charge is 0.493 e. The minimum absolute atomic E-state index is 0.102. The fourth-order valence-corrected chi connectivity index (χ4v) is 4.86. The van der Waals surface area contributed by atoms with Gasteiger partial charge in [0.15, 0.2) is 15.8 Å². The van der Waals surface area contributed by atoms with E-state index in [0.29, 0.717) is 18.8 Å². The lowest BCUT2D eigenvalue weighted by atomic mass is 9.99. The monoisotopic (exact) mass is 415 g/mol. The number of rotatable bonds is 4. The van der Waals surface area contributed by atoms with Gasteiger partial charge >= 0.3 is 6.03 Å². The molecule has 1 N–H and O–H groups in total. The van der Waals surface area contributed by atoms with Crippen molar-refractivity contribution in [1.29, 1.82) is 0 Å². The molecule has 0 radical (unpaired) electrons. The van der Waals surface area contributed by atoms with Gasteiger partial charge in [0.2, 0.25) is 0 Å². The first-order chi connectivity index (χ1) is 13.6. The van der Waals surface area contributed by atoms with Crippen LogP contribution in [0.2, 0.25) is 0 Å². The summed E-state index contributed by atoms with van der Waals surface area (Å²) >= 11 is 3.26. The van der Waals surface area contributed by atoms with Crippen molar-refractivity contribution in [1.82, 2.24) is 9.88 Å². The number of ether oxygens (including phenoxy) is 2. The average Bonchev–Trinajstić information content (AvgIpc) is 3.14. The zero-order valence-electron chi connectivity index (χ0n) is 15.9. The number of benzene rings is 2. The number of thiazole rings is 1. The van der Waals surface area contributed by atoms with Crippen LogP contribution in [0.25, 0.3) is 10.2 Å². The molecule has 1 aliphatic rings. The predicted octanol–water partition coefficient (Wildman–Crippen LogP) is 4.63. The molecule has 1 aromatic heterocycles. The molecule has 0 saturated heterocycles. The Kier molecular flexibility index (Phi) is 5.32. The summed E-state index contributed by atoms with van der Waals surface area (Å²) in [6.07, 6.45) is 2.80. The first-order valence-electron chi connectivity index (χ1n) is 8.85. The highest BCUT2D eigenvalue weighted by molar-refractivity contribution is 8.00. The fourth-order valence-electron chi connectivity index (χ4n) is 3.33. The van der Waals surface area contributed by atoms with Crippen LogP contribution in [0.15, 0.2) is 34.7 Å². The Bertz CT molecular complexity index is 1030. The predicted molar refractivity (Wildman–Crippen MR) is 114 cm³/mol. The van der Waals surface area contributed by atoms with Gasteiger partial charge in [-0.1, -0.05) is 11.8 Å². The topological polar surface area (TPSA) is 63.7 Å². The van der Waals surface area contributed by atoms with Crippen molar-refractivity contribution in [3.8, 4) is 11.5 Å². The highest BCUT2D eigenvalue weighted by Crippen LogP contribution is 2.34. The number of methoxy groups -OCH3 is 2. The lowest BCUT2D eigenvalue weighted by molar-refractivity contribution is 0.206. The fraction of sp³-hybridized carbons (Fsp3) is 0.300. The van der Waals surface area contributed by atoms with Gasteiger partial charge in [0.25, 0.3) is 0 Å². The second-order valence-electron chi connectivity index (χ2n) is 6.44. The highest BCUT2D eigenvalue weighted by atomic mass is 32.2. The van der Waals surface area contributed by atoms with Crippen LogP contribution in [0.5, 0.6) is 11.5 Å². The molecular formula is C20H21N3O3S2. The molecule has 0 bridgehead atoms. The number of hydrogen-bond acceptors (Lipinski definition) is 6. The molecule has 0 atom stereocenters. The van der Waals surface area contributed by atoms with E-state index in [1.54, 1.807) is 37.3 Å². The van der Waals surface area contributed by atoms with E-state index in [2.05, 4.69) is 10.3 Å². The molecule has 8 heteroatoms. The zero-order valence-corrected chi connectivity index (χ0v) is 17.6. The number of urea groups is 1. The van der Waals surface area contributed by atoms with Crippen LogP contribution in [0, 0.1) is 0 Å². The van der Waals surface area contributed by atoms with Gasteiger partial charge in [0.1, 0.15) is 0 Å². The van der Waals surface area contributed by atoms with Crippen molar-refractivity contribution in [2.45, 2.75) is 17.3 Å². The number of nitrogens with zero attached hydrogens (tertiary/aromatic N) is 2. The van der Waals surface area contributed by atoms with E-state index >= 15 is 0 Å². The first-order valence-corrected chi connectivity index (χ1v) is 10.9. The third-order valence-corrected chi connectivity index (χ3v) is 6.80. The number of thioether (sulfide) groups is 1. The first kappa shape index (κ1) is 18.9. The van der Waals surface area contributed by atoms with Crippen molar-refractivity contribution in [2.75, 3.05) is 32.3 Å². The summed E-state index contributed by atoms with van der Waals surface area (Å²) in [5, 5.41) is 3.02. The summed E-state index contributed by atoms with van der Waals surface area (Å²) < 4.78 is 12.9. The second kappa shape index (κ2) is 7.89. The molecule has 28 heavy (non-hydrogen) atoms. The van der Waals surface area contributed by atoms with Gasteiger partial charge in [0, 0.05) is 18.8 Å². The Morgan fingerprint density at radius 2 is 1.93 bits per heavy atom. The van der Waals surface area contributed by atoms with Gasteiger partial charge in [-0.2, -0.15) is 0 Å². The lowest BCUT2D eigenvalue weighted by Gasteiger charge is -2.29. The maximum Gasteiger partial charge on any atom is 0.322 e. The van der Waals surface area contributed by atoms with Crippen LogP contribution in [0.4, 0.5) is 10.5 Å². The Balaban J connectivity index is 1.50. The number of carbonyl (C=O) groups excluding carboxylic acids is 1. The number of fused-ring (bicyclic) bond motifs is 2. The second-order valence-corrected chi connectivity index (χ2v) is 8.53. The third-order valence-electron chi connectivity index (χ3n) is 4.80. The molecule has 6 nitrogen and oxygen atoms in total. The van der Waals surface area contributed by atoms with Gasteiger partial charge in [-0.05, 0) is 54.1 Å². The molecule has 2 aromatic carbocycles. The van der Waals surface area contributed by atoms with E-state index in [-0.39, 0.29) is 6.03 Å². The van der Waals surface area contributed by atoms with Gasteiger partial charge in [-0.25, -0.2) is 9.78 Å². The molecule has 2 amide bonds. The average molecular weight is 416 g/mol. The number of carbonyl (C=O) groups is 1. The number of anilines is 1. The minimum atomic E-state index is -0.102. The van der Waals surface area contributed by atoms with Crippen molar-refractivity contribution in [3.63, 3.8) is 0 Å². The maximum atomic E-state index is 12.8. The van der Waals surface area contributed by atoms with E-state index in [9.17, 15) is 4.79 Å². The van der Waals surface area contributed by atoms with Crippen LogP contribution >= 0.6 is 23.1 Å². The zero-order chi connectivity index (χ0) is 19.7. The molecule has 0 unspecified atom stereocenters. The van der Waals surface area contributed by atoms with E-state index in [0.717, 1.165) is 38.0 Å². The highest BCUT2D eigenvalue weighted by Gasteiger charge is 2.23. The summed E-state index contributed by atoms with van der Waals surface area (Å²) in [7, 11) is 3.25. The molecule has 0 spiro atoms. The smallest absolute Gasteiger partial charge is 0.322 e. The molecular weight excluding hydrogens is 394 g/mol. The number of amides is 2. The molecule has 2 heterocycles. The van der Waals surface area contributed by atoms with Gasteiger partial charge in [0.05, 0.1) is 24.4 Å². The number of aromatic nitrogens is 1. The summed E-state index contributed by atoms with van der Waals surface area (Å²) in [6, 6.07) is 9.69. The lowest BCUT2D eigenvalue weighted by Crippen LogP contribution is -2.38. The van der Waals surface area contributed by atoms with E-state index in [4.69, 9.17) is 9.47 Å². The molecule has 3 aromatic rings. The molecule has 4 rings (SSSR count). The van der Waals surface area contributed by atoms with Crippen LogP contribution in [0.1, 0.15) is 11.1 Å².